The minimum absolute atomic E-state index is 0.0453. The highest BCUT2D eigenvalue weighted by Crippen LogP contribution is 2.21. The number of carboxylic acids is 1. The molecule has 2 rings (SSSR count). The van der Waals surface area contributed by atoms with Crippen molar-refractivity contribution in [2.75, 3.05) is 0 Å². The van der Waals surface area contributed by atoms with Crippen LogP contribution in [-0.2, 0) is 16.1 Å². The third kappa shape index (κ3) is 5.54. The molecular weight excluding hydrogens is 350 g/mol. The number of rotatable bonds is 7. The Morgan fingerprint density at radius 3 is 2.41 bits per heavy atom. The summed E-state index contributed by atoms with van der Waals surface area (Å²) < 4.78 is 1.08. The maximum atomic E-state index is 12.4. The molecule has 8 nitrogen and oxygen atoms in total. The standard InChI is InChI=1S/C19H25N3O5/c1-19(2,3)10-8-14(18(26)27)20-15(23)9-11-22-17(25)13-7-5-4-6-12(13)16(24)21-22/h4-7,14H,8-11H2,1-3H3,(H,20,23)(H,21,24)(H,26,27). The molecule has 0 spiro atoms. The Morgan fingerprint density at radius 2 is 1.81 bits per heavy atom. The van der Waals surface area contributed by atoms with Gasteiger partial charge in [-0.05, 0) is 30.4 Å². The summed E-state index contributed by atoms with van der Waals surface area (Å²) >= 11 is 0. The number of aromatic amines is 1. The lowest BCUT2D eigenvalue weighted by molar-refractivity contribution is -0.142. The molecule has 0 bridgehead atoms. The number of fused-ring (bicyclic) bond motifs is 1. The Kier molecular flexibility index (Phi) is 6.20. The number of amides is 1. The second kappa shape index (κ2) is 8.20. The summed E-state index contributed by atoms with van der Waals surface area (Å²) in [7, 11) is 0. The van der Waals surface area contributed by atoms with Crippen LogP contribution in [0.4, 0.5) is 0 Å². The van der Waals surface area contributed by atoms with Crippen molar-refractivity contribution < 1.29 is 14.7 Å². The number of aliphatic carboxylic acids is 1. The van der Waals surface area contributed by atoms with Crippen molar-refractivity contribution in [3.05, 3.63) is 45.0 Å². The van der Waals surface area contributed by atoms with E-state index >= 15 is 0 Å². The van der Waals surface area contributed by atoms with Gasteiger partial charge in [-0.3, -0.25) is 19.5 Å². The van der Waals surface area contributed by atoms with Gasteiger partial charge >= 0.3 is 5.97 Å². The smallest absolute Gasteiger partial charge is 0.326 e. The van der Waals surface area contributed by atoms with E-state index in [1.807, 2.05) is 20.8 Å². The summed E-state index contributed by atoms with van der Waals surface area (Å²) in [5.74, 6) is -1.58. The Labute approximate surface area is 156 Å². The van der Waals surface area contributed by atoms with Crippen molar-refractivity contribution in [2.24, 2.45) is 5.41 Å². The minimum atomic E-state index is -1.09. The number of nitrogens with one attached hydrogen (secondary N) is 2. The zero-order valence-corrected chi connectivity index (χ0v) is 15.7. The van der Waals surface area contributed by atoms with E-state index in [0.717, 1.165) is 4.68 Å². The maximum absolute atomic E-state index is 12.4. The summed E-state index contributed by atoms with van der Waals surface area (Å²) in [6.45, 7) is 5.94. The van der Waals surface area contributed by atoms with Gasteiger partial charge in [0.25, 0.3) is 11.1 Å². The predicted octanol–water partition coefficient (Wildman–Crippen LogP) is 1.48. The topological polar surface area (TPSA) is 121 Å². The van der Waals surface area contributed by atoms with Gasteiger partial charge < -0.3 is 10.4 Å². The van der Waals surface area contributed by atoms with Crippen molar-refractivity contribution in [1.82, 2.24) is 15.1 Å². The molecule has 146 valence electrons. The first kappa shape index (κ1) is 20.4. The summed E-state index contributed by atoms with van der Waals surface area (Å²) in [6, 6.07) is 5.45. The van der Waals surface area contributed by atoms with Crippen molar-refractivity contribution in [2.45, 2.75) is 52.6 Å². The fourth-order valence-electron chi connectivity index (χ4n) is 2.72. The van der Waals surface area contributed by atoms with E-state index in [2.05, 4.69) is 10.4 Å². The van der Waals surface area contributed by atoms with E-state index in [-0.39, 0.29) is 29.2 Å². The second-order valence-electron chi connectivity index (χ2n) is 7.75. The molecule has 0 aliphatic carbocycles. The Balaban J connectivity index is 2.05. The van der Waals surface area contributed by atoms with Crippen LogP contribution >= 0.6 is 0 Å². The fraction of sp³-hybridized carbons (Fsp3) is 0.474. The van der Waals surface area contributed by atoms with Gasteiger partial charge in [0.2, 0.25) is 5.91 Å². The van der Waals surface area contributed by atoms with Crippen molar-refractivity contribution in [1.29, 1.82) is 0 Å². The number of hydrogen-bond donors (Lipinski definition) is 3. The summed E-state index contributed by atoms with van der Waals surface area (Å²) in [6.07, 6.45) is 0.840. The van der Waals surface area contributed by atoms with E-state index in [1.165, 1.54) is 0 Å². The number of carbonyl (C=O) groups excluding carboxylic acids is 1. The highest BCUT2D eigenvalue weighted by molar-refractivity contribution is 5.83. The van der Waals surface area contributed by atoms with Crippen molar-refractivity contribution in [3.63, 3.8) is 0 Å². The average molecular weight is 375 g/mol. The summed E-state index contributed by atoms with van der Waals surface area (Å²) in [5.41, 5.74) is -0.865. The quantitative estimate of drug-likeness (QED) is 0.677. The first-order chi connectivity index (χ1) is 12.6. The molecule has 8 heteroatoms. The lowest BCUT2D eigenvalue weighted by Gasteiger charge is -2.21. The van der Waals surface area contributed by atoms with Crippen molar-refractivity contribution in [3.8, 4) is 0 Å². The van der Waals surface area contributed by atoms with E-state index in [1.54, 1.807) is 24.3 Å². The van der Waals surface area contributed by atoms with Crippen LogP contribution in [0.1, 0.15) is 40.0 Å². The molecule has 1 amide bonds. The molecule has 2 aromatic rings. The van der Waals surface area contributed by atoms with Gasteiger partial charge in [-0.25, -0.2) is 9.48 Å². The van der Waals surface area contributed by atoms with Gasteiger partial charge in [0, 0.05) is 6.42 Å². The molecule has 1 aromatic carbocycles. The van der Waals surface area contributed by atoms with Crippen LogP contribution < -0.4 is 16.4 Å². The van der Waals surface area contributed by atoms with Gasteiger partial charge in [-0.1, -0.05) is 32.9 Å². The number of nitrogens with zero attached hydrogens (tertiary/aromatic N) is 1. The van der Waals surface area contributed by atoms with Crippen LogP contribution in [0.5, 0.6) is 0 Å². The van der Waals surface area contributed by atoms with Gasteiger partial charge in [-0.15, -0.1) is 0 Å². The first-order valence-corrected chi connectivity index (χ1v) is 8.82. The van der Waals surface area contributed by atoms with Crippen LogP contribution in [0.2, 0.25) is 0 Å². The number of carboxylic acid groups (broad SMARTS) is 1. The van der Waals surface area contributed by atoms with Crippen LogP contribution in [0, 0.1) is 5.41 Å². The molecule has 0 radical (unpaired) electrons. The van der Waals surface area contributed by atoms with E-state index < -0.39 is 29.0 Å². The van der Waals surface area contributed by atoms with E-state index in [4.69, 9.17) is 0 Å². The Hall–Kier alpha value is -2.90. The van der Waals surface area contributed by atoms with Gasteiger partial charge in [0.15, 0.2) is 0 Å². The molecule has 1 atom stereocenters. The molecule has 1 unspecified atom stereocenters. The van der Waals surface area contributed by atoms with Crippen molar-refractivity contribution >= 4 is 22.6 Å². The molecule has 1 heterocycles. The lowest BCUT2D eigenvalue weighted by atomic mass is 9.88. The van der Waals surface area contributed by atoms with E-state index in [9.17, 15) is 24.3 Å². The summed E-state index contributed by atoms with van der Waals surface area (Å²) in [5, 5.41) is 14.8. The highest BCUT2D eigenvalue weighted by atomic mass is 16.4. The SMILES string of the molecule is CC(C)(C)CCC(NC(=O)CCn1[nH]c(=O)c2ccccc2c1=O)C(=O)O. The van der Waals surface area contributed by atoms with Crippen LogP contribution in [0.25, 0.3) is 10.8 Å². The zero-order chi connectivity index (χ0) is 20.2. The molecule has 0 saturated carbocycles. The largest absolute Gasteiger partial charge is 0.480 e. The van der Waals surface area contributed by atoms with Crippen LogP contribution in [0.3, 0.4) is 0 Å². The number of aryl methyl sites for hydroxylation is 1. The third-order valence-corrected chi connectivity index (χ3v) is 4.26. The van der Waals surface area contributed by atoms with Gasteiger partial charge in [0.05, 0.1) is 17.3 Å². The monoisotopic (exact) mass is 375 g/mol. The van der Waals surface area contributed by atoms with Gasteiger partial charge in [-0.2, -0.15) is 0 Å². The molecule has 3 N–H and O–H groups in total. The number of aromatic nitrogens is 2. The van der Waals surface area contributed by atoms with Crippen LogP contribution in [0.15, 0.2) is 33.9 Å². The number of benzene rings is 1. The molecule has 1 aromatic heterocycles. The lowest BCUT2D eigenvalue weighted by Crippen LogP contribution is -2.42. The highest BCUT2D eigenvalue weighted by Gasteiger charge is 2.22. The number of carbonyl (C=O) groups is 2. The molecule has 0 aliphatic rings. The summed E-state index contributed by atoms with van der Waals surface area (Å²) in [4.78, 5) is 47.9. The predicted molar refractivity (Wildman–Crippen MR) is 102 cm³/mol. The first-order valence-electron chi connectivity index (χ1n) is 8.82. The third-order valence-electron chi connectivity index (χ3n) is 4.26. The van der Waals surface area contributed by atoms with Gasteiger partial charge in [0.1, 0.15) is 6.04 Å². The second-order valence-corrected chi connectivity index (χ2v) is 7.75. The number of H-pyrrole nitrogens is 1. The normalized spacial score (nSPS) is 12.7. The molecular formula is C19H25N3O5. The van der Waals surface area contributed by atoms with Crippen LogP contribution in [-0.4, -0.2) is 32.8 Å². The molecule has 27 heavy (non-hydrogen) atoms. The minimum Gasteiger partial charge on any atom is -0.480 e. The molecule has 0 fully saturated rings. The number of hydrogen-bond acceptors (Lipinski definition) is 4. The zero-order valence-electron chi connectivity index (χ0n) is 15.7. The Bertz CT molecular complexity index is 952. The molecule has 0 aliphatic heterocycles. The average Bonchev–Trinajstić information content (AvgIpc) is 2.59. The Morgan fingerprint density at radius 1 is 1.19 bits per heavy atom. The maximum Gasteiger partial charge on any atom is 0.326 e. The fourth-order valence-corrected chi connectivity index (χ4v) is 2.72. The molecule has 0 saturated heterocycles. The van der Waals surface area contributed by atoms with E-state index in [0.29, 0.717) is 12.8 Å².